The number of nitro groups is 2. The molecule has 0 aliphatic rings. The van der Waals surface area contributed by atoms with Gasteiger partial charge in [-0.25, -0.2) is 0 Å². The highest BCUT2D eigenvalue weighted by atomic mass is 35.5. The van der Waals surface area contributed by atoms with Crippen molar-refractivity contribution in [3.63, 3.8) is 0 Å². The Balaban J connectivity index is 1.93. The molecule has 0 saturated heterocycles. The molecule has 0 fully saturated rings. The smallest absolute Gasteiger partial charge is 0.270 e. The number of halogens is 1. The van der Waals surface area contributed by atoms with Crippen molar-refractivity contribution in [1.29, 1.82) is 0 Å². The number of hydrogen-bond acceptors (Lipinski definition) is 9. The van der Waals surface area contributed by atoms with Crippen LogP contribution in [-0.2, 0) is 0 Å². The summed E-state index contributed by atoms with van der Waals surface area (Å²) in [5.41, 5.74) is 8.99. The maximum atomic E-state index is 12.6. The predicted octanol–water partition coefficient (Wildman–Crippen LogP) is 7.35. The zero-order valence-corrected chi connectivity index (χ0v) is 21.8. The van der Waals surface area contributed by atoms with Crippen LogP contribution in [0.15, 0.2) is 70.1 Å². The lowest BCUT2D eigenvalue weighted by molar-refractivity contribution is -0.385. The van der Waals surface area contributed by atoms with E-state index in [1.807, 2.05) is 0 Å². The fourth-order valence-electron chi connectivity index (χ4n) is 3.21. The van der Waals surface area contributed by atoms with Crippen LogP contribution in [0.1, 0.15) is 28.4 Å². The zero-order chi connectivity index (χ0) is 26.6. The number of carbonyl (C=O) groups excluding carboxylic acids is 1. The summed E-state index contributed by atoms with van der Waals surface area (Å²) in [5.74, 6) is -0.236. The molecule has 12 heteroatoms. The number of aryl methyl sites for hydroxylation is 2. The Bertz CT molecular complexity index is 1390. The lowest BCUT2D eigenvalue weighted by atomic mass is 10.1. The first-order valence-corrected chi connectivity index (χ1v) is 12.9. The average molecular weight is 545 g/mol. The van der Waals surface area contributed by atoms with E-state index in [-0.39, 0.29) is 17.2 Å². The lowest BCUT2D eigenvalue weighted by Crippen LogP contribution is -2.04. The van der Waals surface area contributed by atoms with Gasteiger partial charge in [-0.1, -0.05) is 33.2 Å². The Morgan fingerprint density at radius 2 is 1.47 bits per heavy atom. The van der Waals surface area contributed by atoms with Gasteiger partial charge in [0.2, 0.25) is 0 Å². The van der Waals surface area contributed by atoms with Crippen LogP contribution in [0.4, 0.5) is 22.7 Å². The Kier molecular flexibility index (Phi) is 8.62. The summed E-state index contributed by atoms with van der Waals surface area (Å²) in [6, 6.07) is 12.1. The summed E-state index contributed by atoms with van der Waals surface area (Å²) in [6.07, 6.45) is 1.42. The third-order valence-corrected chi connectivity index (χ3v) is 7.74. The van der Waals surface area contributed by atoms with Crippen LogP contribution in [0.5, 0.6) is 0 Å². The van der Waals surface area contributed by atoms with Gasteiger partial charge in [0.25, 0.3) is 11.4 Å². The van der Waals surface area contributed by atoms with Gasteiger partial charge in [-0.2, -0.15) is 0 Å². The van der Waals surface area contributed by atoms with E-state index in [0.29, 0.717) is 48.6 Å². The van der Waals surface area contributed by atoms with E-state index in [0.717, 1.165) is 10.8 Å². The number of nitro benzene ring substituents is 2. The standard InChI is InChI=1S/C24H21ClN4O5S2/c1-13-8-18(28(31)32)11-21(23(13)26)35-36-22-12-19(29(33)34)9-14(2)24(22)27-15(3)10-20(30)16-4-6-17(25)7-5-16/h4-12,27H,26H2,1-3H3/b15-10+. The van der Waals surface area contributed by atoms with E-state index in [2.05, 4.69) is 5.32 Å². The van der Waals surface area contributed by atoms with Crippen molar-refractivity contribution in [3.8, 4) is 0 Å². The molecule has 0 unspecified atom stereocenters. The summed E-state index contributed by atoms with van der Waals surface area (Å²) in [5, 5.41) is 26.4. The molecule has 0 amide bonds. The molecule has 0 atom stereocenters. The number of benzene rings is 3. The highest BCUT2D eigenvalue weighted by Crippen LogP contribution is 2.47. The number of anilines is 2. The molecule has 3 N–H and O–H groups in total. The van der Waals surface area contributed by atoms with Crippen molar-refractivity contribution < 1.29 is 14.6 Å². The van der Waals surface area contributed by atoms with Gasteiger partial charge < -0.3 is 11.1 Å². The minimum Gasteiger partial charge on any atom is -0.398 e. The number of rotatable bonds is 9. The SMILES string of the molecule is C/C(=C\C(=O)c1ccc(Cl)cc1)Nc1c(C)cc([N+](=O)[O-])cc1SSc1cc([N+](=O)[O-])cc(C)c1N. The van der Waals surface area contributed by atoms with Crippen molar-refractivity contribution in [3.05, 3.63) is 102 Å². The van der Waals surface area contributed by atoms with Crippen LogP contribution in [0.25, 0.3) is 0 Å². The summed E-state index contributed by atoms with van der Waals surface area (Å²) in [7, 11) is 2.32. The number of allylic oxidation sites excluding steroid dienone is 2. The lowest BCUT2D eigenvalue weighted by Gasteiger charge is -2.15. The number of nitrogen functional groups attached to an aromatic ring is 1. The maximum Gasteiger partial charge on any atom is 0.270 e. The van der Waals surface area contributed by atoms with Gasteiger partial charge in [-0.05, 0) is 56.2 Å². The van der Waals surface area contributed by atoms with Crippen LogP contribution in [0.2, 0.25) is 5.02 Å². The Morgan fingerprint density at radius 1 is 0.944 bits per heavy atom. The van der Waals surface area contributed by atoms with Crippen molar-refractivity contribution in [2.24, 2.45) is 0 Å². The predicted molar refractivity (Wildman–Crippen MR) is 145 cm³/mol. The molecule has 9 nitrogen and oxygen atoms in total. The molecular weight excluding hydrogens is 524 g/mol. The first-order chi connectivity index (χ1) is 17.0. The second kappa shape index (κ2) is 11.5. The van der Waals surface area contributed by atoms with Gasteiger partial charge >= 0.3 is 0 Å². The number of ketones is 1. The summed E-state index contributed by atoms with van der Waals surface area (Å²) in [6.45, 7) is 5.09. The molecule has 0 heterocycles. The van der Waals surface area contributed by atoms with Crippen LogP contribution >= 0.6 is 33.2 Å². The second-order valence-corrected chi connectivity index (χ2v) is 10.5. The largest absolute Gasteiger partial charge is 0.398 e. The molecule has 0 aliphatic heterocycles. The molecule has 0 saturated carbocycles. The minimum atomic E-state index is -0.502. The molecule has 0 bridgehead atoms. The third-order valence-electron chi connectivity index (χ3n) is 5.06. The Hall–Kier alpha value is -3.54. The average Bonchev–Trinajstić information content (AvgIpc) is 2.81. The molecule has 3 aromatic rings. The van der Waals surface area contributed by atoms with E-state index >= 15 is 0 Å². The third kappa shape index (κ3) is 6.56. The molecule has 0 spiro atoms. The highest BCUT2D eigenvalue weighted by Gasteiger charge is 2.19. The van der Waals surface area contributed by atoms with E-state index in [1.54, 1.807) is 45.0 Å². The van der Waals surface area contributed by atoms with Gasteiger partial charge in [-0.3, -0.25) is 25.0 Å². The normalized spacial score (nSPS) is 11.3. The van der Waals surface area contributed by atoms with Crippen LogP contribution in [0.3, 0.4) is 0 Å². The van der Waals surface area contributed by atoms with Gasteiger partial charge in [-0.15, -0.1) is 0 Å². The molecular formula is C24H21ClN4O5S2. The molecule has 3 rings (SSSR count). The van der Waals surface area contributed by atoms with Gasteiger partial charge in [0.15, 0.2) is 5.78 Å². The van der Waals surface area contributed by atoms with Gasteiger partial charge in [0.1, 0.15) is 0 Å². The van der Waals surface area contributed by atoms with E-state index in [9.17, 15) is 25.0 Å². The Labute approximate surface area is 219 Å². The quantitative estimate of drug-likeness (QED) is 0.0705. The van der Waals surface area contributed by atoms with Crippen LogP contribution < -0.4 is 11.1 Å². The van der Waals surface area contributed by atoms with Crippen molar-refractivity contribution in [1.82, 2.24) is 0 Å². The molecule has 186 valence electrons. The number of non-ortho nitro benzene ring substituents is 2. The topological polar surface area (TPSA) is 141 Å². The number of hydrogen-bond donors (Lipinski definition) is 2. The van der Waals surface area contributed by atoms with Crippen LogP contribution in [0, 0.1) is 34.1 Å². The number of nitrogens with zero attached hydrogens (tertiary/aromatic N) is 2. The van der Waals surface area contributed by atoms with Gasteiger partial charge in [0.05, 0.1) is 15.5 Å². The van der Waals surface area contributed by atoms with Gasteiger partial charge in [0, 0.05) is 62.1 Å². The van der Waals surface area contributed by atoms with Crippen LogP contribution in [-0.4, -0.2) is 15.6 Å². The molecule has 0 aromatic heterocycles. The molecule has 0 aliphatic carbocycles. The first-order valence-electron chi connectivity index (χ1n) is 10.4. The second-order valence-electron chi connectivity index (χ2n) is 7.81. The van der Waals surface area contributed by atoms with Crippen molar-refractivity contribution in [2.45, 2.75) is 30.6 Å². The van der Waals surface area contributed by atoms with E-state index in [1.165, 1.54) is 41.1 Å². The van der Waals surface area contributed by atoms with Crippen molar-refractivity contribution in [2.75, 3.05) is 11.1 Å². The monoisotopic (exact) mass is 544 g/mol. The highest BCUT2D eigenvalue weighted by molar-refractivity contribution is 8.76. The van der Waals surface area contributed by atoms with E-state index < -0.39 is 9.85 Å². The Morgan fingerprint density at radius 3 is 2.06 bits per heavy atom. The summed E-state index contributed by atoms with van der Waals surface area (Å²) >= 11 is 5.88. The molecule has 36 heavy (non-hydrogen) atoms. The van der Waals surface area contributed by atoms with E-state index in [4.69, 9.17) is 17.3 Å². The molecule has 0 radical (unpaired) electrons. The number of carbonyl (C=O) groups is 1. The number of nitrogens with two attached hydrogens (primary N) is 1. The fourth-order valence-corrected chi connectivity index (χ4v) is 5.74. The summed E-state index contributed by atoms with van der Waals surface area (Å²) < 4.78 is 0. The number of nitrogens with one attached hydrogen (secondary N) is 1. The fraction of sp³-hybridized carbons (Fsp3) is 0.125. The van der Waals surface area contributed by atoms with Crippen molar-refractivity contribution >= 4 is 61.7 Å². The molecule has 3 aromatic carbocycles. The first kappa shape index (κ1) is 27.1. The summed E-state index contributed by atoms with van der Waals surface area (Å²) in [4.78, 5) is 35.3. The zero-order valence-electron chi connectivity index (χ0n) is 19.4. The minimum absolute atomic E-state index is 0.0992. The maximum absolute atomic E-state index is 12.6.